The molecule has 368 valence electrons. The van der Waals surface area contributed by atoms with Crippen molar-refractivity contribution < 1.29 is 45.4 Å². The summed E-state index contributed by atoms with van der Waals surface area (Å²) in [6.07, 6.45) is -1.58. The van der Waals surface area contributed by atoms with Crippen molar-refractivity contribution in [3.05, 3.63) is 112 Å². The number of carbonyl (C=O) groups excluding carboxylic acids is 2. The smallest absolute Gasteiger partial charge is 0.390 e. The number of halogens is 7. The second-order valence-electron chi connectivity index (χ2n) is 18.1. The van der Waals surface area contributed by atoms with Crippen LogP contribution in [0.25, 0.3) is 33.8 Å². The summed E-state index contributed by atoms with van der Waals surface area (Å²) < 4.78 is 91.2. The van der Waals surface area contributed by atoms with Gasteiger partial charge in [-0.05, 0) is 135 Å². The van der Waals surface area contributed by atoms with E-state index in [-0.39, 0.29) is 36.6 Å². The molecule has 0 aliphatic heterocycles. The maximum absolute atomic E-state index is 12.8. The van der Waals surface area contributed by atoms with Crippen LogP contribution in [0.1, 0.15) is 97.1 Å². The van der Waals surface area contributed by atoms with Gasteiger partial charge in [-0.3, -0.25) is 9.59 Å². The average molecular weight is 1030 g/mol. The molecule has 0 radical (unpaired) electrons. The standard InChI is InChI=1S/C30H31F3N4O3.C21H20BrF3N4O/c1-18(2)39-22-7-9-23(10-8-22)40-28-16-25(34-13-12-30(31,32)33)29-35-17-26(37(29)36-28)21-6-11-24(19(3)14-21)27(38)15-20-4-5-20;1-12-8-14(4-5-15(12)18(30)9-13-2-3-13)17-11-27-20-16(10-19(22)28-29(17)20)26-7-6-21(23,24)25/h6-11,14,16-18,20,34H,4-5,12-13,15H2,1-3H3;4-5,8,10-11,13,26H,2-3,6-7,9H2,1H3. The molecule has 4 heterocycles. The minimum absolute atomic E-state index is 0.0230. The number of alkyl halides is 6. The predicted molar refractivity (Wildman–Crippen MR) is 258 cm³/mol. The molecule has 19 heteroatoms. The third-order valence-corrected chi connectivity index (χ3v) is 12.1. The van der Waals surface area contributed by atoms with Gasteiger partial charge in [0.2, 0.25) is 5.88 Å². The number of imidazole rings is 2. The molecule has 2 saturated carbocycles. The van der Waals surface area contributed by atoms with Crippen molar-refractivity contribution in [2.45, 2.75) is 97.5 Å². The number of anilines is 2. The van der Waals surface area contributed by atoms with Gasteiger partial charge < -0.3 is 20.1 Å². The third kappa shape index (κ3) is 13.0. The Hall–Kier alpha value is -6.50. The van der Waals surface area contributed by atoms with Crippen LogP contribution in [0.2, 0.25) is 0 Å². The summed E-state index contributed by atoms with van der Waals surface area (Å²) >= 11 is 3.31. The molecular formula is C51H51BrF6N8O4. The highest BCUT2D eigenvalue weighted by Gasteiger charge is 2.29. The maximum atomic E-state index is 12.8. The Morgan fingerprint density at radius 2 is 1.13 bits per heavy atom. The Kier molecular flexibility index (Phi) is 14.9. The summed E-state index contributed by atoms with van der Waals surface area (Å²) in [6.45, 7) is 7.07. The van der Waals surface area contributed by atoms with Crippen LogP contribution in [-0.2, 0) is 0 Å². The molecule has 2 fully saturated rings. The zero-order valence-electron chi connectivity index (χ0n) is 38.8. The Labute approximate surface area is 408 Å². The molecule has 0 amide bonds. The maximum Gasteiger partial charge on any atom is 0.390 e. The lowest BCUT2D eigenvalue weighted by atomic mass is 9.98. The number of nitrogens with one attached hydrogen (secondary N) is 2. The van der Waals surface area contributed by atoms with Gasteiger partial charge in [0.1, 0.15) is 16.1 Å². The van der Waals surface area contributed by atoms with Crippen LogP contribution in [0.4, 0.5) is 37.7 Å². The van der Waals surface area contributed by atoms with Crippen molar-refractivity contribution in [1.82, 2.24) is 29.2 Å². The van der Waals surface area contributed by atoms with Crippen LogP contribution in [0.5, 0.6) is 17.4 Å². The molecule has 0 bridgehead atoms. The first-order valence-electron chi connectivity index (χ1n) is 23.0. The van der Waals surface area contributed by atoms with Gasteiger partial charge in [-0.1, -0.05) is 24.3 Å². The van der Waals surface area contributed by atoms with Crippen molar-refractivity contribution in [1.29, 1.82) is 0 Å². The number of benzene rings is 3. The minimum Gasteiger partial charge on any atom is -0.491 e. The fourth-order valence-electron chi connectivity index (χ4n) is 7.91. The Balaban J connectivity index is 0.000000196. The van der Waals surface area contributed by atoms with E-state index in [9.17, 15) is 35.9 Å². The van der Waals surface area contributed by atoms with E-state index in [2.05, 4.69) is 46.7 Å². The van der Waals surface area contributed by atoms with Crippen LogP contribution in [0.15, 0.2) is 89.8 Å². The van der Waals surface area contributed by atoms with E-state index in [0.29, 0.717) is 80.4 Å². The van der Waals surface area contributed by atoms with E-state index in [4.69, 9.17) is 9.47 Å². The predicted octanol–water partition coefficient (Wildman–Crippen LogP) is 13.4. The Bertz CT molecular complexity index is 3020. The number of hydrogen-bond donors (Lipinski definition) is 2. The van der Waals surface area contributed by atoms with E-state index in [1.54, 1.807) is 51.8 Å². The number of hydrogen-bond acceptors (Lipinski definition) is 10. The van der Waals surface area contributed by atoms with Crippen LogP contribution < -0.4 is 20.1 Å². The summed E-state index contributed by atoms with van der Waals surface area (Å²) in [6, 6.07) is 21.3. The molecule has 0 atom stereocenters. The second-order valence-corrected chi connectivity index (χ2v) is 18.9. The van der Waals surface area contributed by atoms with Crippen molar-refractivity contribution in [3.8, 4) is 39.9 Å². The summed E-state index contributed by atoms with van der Waals surface area (Å²) in [5.74, 6) is 2.67. The van der Waals surface area contributed by atoms with Crippen LogP contribution in [-0.4, -0.2) is 72.3 Å². The molecule has 9 rings (SSSR count). The van der Waals surface area contributed by atoms with E-state index >= 15 is 0 Å². The SMILES string of the molecule is Cc1cc(-c2cnc3c(NCCC(F)(F)F)cc(Br)nn23)ccc1C(=O)CC1CC1.Cc1cc(-c2cnc3c(NCCC(F)(F)F)cc(Oc4ccc(OC(C)C)cc4)nn23)ccc1C(=O)CC1CC1. The van der Waals surface area contributed by atoms with Crippen LogP contribution >= 0.6 is 15.9 Å². The van der Waals surface area contributed by atoms with Gasteiger partial charge in [0.15, 0.2) is 22.9 Å². The van der Waals surface area contributed by atoms with E-state index in [1.807, 2.05) is 64.1 Å². The Morgan fingerprint density at radius 1 is 0.671 bits per heavy atom. The average Bonchev–Trinajstić information content (AvgIpc) is 4.20. The first kappa shape index (κ1) is 49.9. The molecule has 3 aromatic carbocycles. The number of fused-ring (bicyclic) bond motifs is 2. The molecule has 12 nitrogen and oxygen atoms in total. The van der Waals surface area contributed by atoms with Crippen molar-refractivity contribution in [2.24, 2.45) is 11.8 Å². The van der Waals surface area contributed by atoms with Crippen molar-refractivity contribution >= 4 is 50.2 Å². The molecule has 4 aromatic heterocycles. The molecular weight excluding hydrogens is 983 g/mol. The molecule has 2 N–H and O–H groups in total. The number of ketones is 2. The van der Waals surface area contributed by atoms with Gasteiger partial charge >= 0.3 is 12.4 Å². The van der Waals surface area contributed by atoms with E-state index < -0.39 is 25.2 Å². The van der Waals surface area contributed by atoms with Gasteiger partial charge in [-0.2, -0.15) is 31.4 Å². The molecule has 0 spiro atoms. The largest absolute Gasteiger partial charge is 0.491 e. The highest BCUT2D eigenvalue weighted by Crippen LogP contribution is 2.37. The zero-order valence-corrected chi connectivity index (χ0v) is 40.4. The fraction of sp³-hybridized carbons (Fsp3) is 0.373. The second kappa shape index (κ2) is 20.8. The van der Waals surface area contributed by atoms with Crippen LogP contribution in [0, 0.1) is 25.7 Å². The van der Waals surface area contributed by atoms with E-state index in [1.165, 1.54) is 6.07 Å². The van der Waals surface area contributed by atoms with Gasteiger partial charge in [0, 0.05) is 54.3 Å². The molecule has 2 aliphatic carbocycles. The highest BCUT2D eigenvalue weighted by molar-refractivity contribution is 9.10. The molecule has 2 aliphatic rings. The van der Waals surface area contributed by atoms with Crippen molar-refractivity contribution in [3.63, 3.8) is 0 Å². The monoisotopic (exact) mass is 1030 g/mol. The fourth-order valence-corrected chi connectivity index (χ4v) is 8.29. The number of carbonyl (C=O) groups is 2. The third-order valence-electron chi connectivity index (χ3n) is 11.7. The summed E-state index contributed by atoms with van der Waals surface area (Å²) in [5, 5.41) is 14.6. The first-order valence-corrected chi connectivity index (χ1v) is 23.8. The normalized spacial score (nSPS) is 13.9. The number of aromatic nitrogens is 6. The quantitative estimate of drug-likeness (QED) is 0.0631. The Morgan fingerprint density at radius 3 is 1.57 bits per heavy atom. The number of Topliss-reactive ketones (excluding diaryl/α,β-unsaturated/α-hetero) is 2. The first-order chi connectivity index (χ1) is 33.3. The number of nitrogens with zero attached hydrogens (tertiary/aromatic N) is 6. The molecule has 70 heavy (non-hydrogen) atoms. The lowest BCUT2D eigenvalue weighted by molar-refractivity contribution is -0.132. The highest BCUT2D eigenvalue weighted by atomic mass is 79.9. The van der Waals surface area contributed by atoms with Gasteiger partial charge in [0.05, 0.1) is 54.1 Å². The van der Waals surface area contributed by atoms with Crippen molar-refractivity contribution in [2.75, 3.05) is 23.7 Å². The van der Waals surface area contributed by atoms with Gasteiger partial charge in [-0.25, -0.2) is 19.0 Å². The number of rotatable bonds is 18. The molecule has 7 aromatic rings. The molecule has 0 unspecified atom stereocenters. The zero-order chi connectivity index (χ0) is 49.9. The topological polar surface area (TPSA) is 137 Å². The molecule has 0 saturated heterocycles. The summed E-state index contributed by atoms with van der Waals surface area (Å²) in [7, 11) is 0. The number of aryl methyl sites for hydroxylation is 2. The minimum atomic E-state index is -4.30. The number of ether oxygens (including phenoxy) is 2. The summed E-state index contributed by atoms with van der Waals surface area (Å²) in [5.41, 5.74) is 7.66. The van der Waals surface area contributed by atoms with Gasteiger partial charge in [-0.15, -0.1) is 5.10 Å². The van der Waals surface area contributed by atoms with E-state index in [0.717, 1.165) is 53.5 Å². The summed E-state index contributed by atoms with van der Waals surface area (Å²) in [4.78, 5) is 34.0. The van der Waals surface area contributed by atoms with Gasteiger partial charge in [0.25, 0.3) is 0 Å². The lowest BCUT2D eigenvalue weighted by Gasteiger charge is -2.13. The lowest BCUT2D eigenvalue weighted by Crippen LogP contribution is -2.15. The van der Waals surface area contributed by atoms with Crippen LogP contribution in [0.3, 0.4) is 0 Å².